The predicted octanol–water partition coefficient (Wildman–Crippen LogP) is 3.58. The fraction of sp³-hybridized carbons (Fsp3) is 0.250. The fourth-order valence-electron chi connectivity index (χ4n) is 2.99. The molecule has 2 atom stereocenters. The Kier molecular flexibility index (Phi) is 5.71. The molecule has 2 aromatic heterocycles. The highest BCUT2D eigenvalue weighted by molar-refractivity contribution is 5.47. The van der Waals surface area contributed by atoms with Gasteiger partial charge in [0, 0.05) is 24.0 Å². The number of aliphatic hydroxyl groups is 1. The highest BCUT2D eigenvalue weighted by Crippen LogP contribution is 2.35. The van der Waals surface area contributed by atoms with Crippen molar-refractivity contribution < 1.29 is 13.9 Å². The smallest absolute Gasteiger partial charge is 0.137 e. The average molecular weight is 370 g/mol. The molecular formula is C20H20F2N4O. The zero-order valence-electron chi connectivity index (χ0n) is 14.8. The Bertz CT molecular complexity index is 900. The third kappa shape index (κ3) is 4.43. The highest BCUT2D eigenvalue weighted by atomic mass is 19.1. The summed E-state index contributed by atoms with van der Waals surface area (Å²) in [5.74, 6) is -1.86. The molecule has 3 rings (SSSR count). The second kappa shape index (κ2) is 8.18. The van der Waals surface area contributed by atoms with Gasteiger partial charge in [0.15, 0.2) is 0 Å². The van der Waals surface area contributed by atoms with Crippen LogP contribution in [0.5, 0.6) is 0 Å². The molecule has 0 saturated heterocycles. The monoisotopic (exact) mass is 370 g/mol. The summed E-state index contributed by atoms with van der Waals surface area (Å²) < 4.78 is 29.2. The standard InChI is InChI=1S/C20H20F2N4O/c1-15(4-2-5-16-6-3-9-23-11-16)20(27,12-26-14-24-13-25-26)18-8-7-17(21)10-19(18)22/h2-3,5-11,13-15,27H,4,12H2,1H3/b5-2+/t15-,20+/m0/s1. The largest absolute Gasteiger partial charge is 0.383 e. The predicted molar refractivity (Wildman–Crippen MR) is 97.3 cm³/mol. The maximum absolute atomic E-state index is 14.5. The maximum atomic E-state index is 14.5. The van der Waals surface area contributed by atoms with Gasteiger partial charge in [-0.3, -0.25) is 4.98 Å². The van der Waals surface area contributed by atoms with Crippen LogP contribution in [0.25, 0.3) is 6.08 Å². The third-order valence-electron chi connectivity index (χ3n) is 4.57. The minimum Gasteiger partial charge on any atom is -0.383 e. The molecule has 0 aliphatic carbocycles. The van der Waals surface area contributed by atoms with Crippen molar-refractivity contribution in [2.45, 2.75) is 25.5 Å². The molecule has 27 heavy (non-hydrogen) atoms. The molecule has 0 saturated carbocycles. The van der Waals surface area contributed by atoms with Crippen LogP contribution in [-0.4, -0.2) is 24.9 Å². The van der Waals surface area contributed by atoms with Crippen LogP contribution in [0.1, 0.15) is 24.5 Å². The maximum Gasteiger partial charge on any atom is 0.137 e. The number of benzene rings is 1. The molecule has 140 valence electrons. The van der Waals surface area contributed by atoms with Gasteiger partial charge in [-0.2, -0.15) is 5.10 Å². The number of nitrogens with zero attached hydrogens (tertiary/aromatic N) is 4. The molecule has 3 aromatic rings. The Morgan fingerprint density at radius 2 is 2.11 bits per heavy atom. The van der Waals surface area contributed by atoms with Crippen molar-refractivity contribution in [2.24, 2.45) is 5.92 Å². The van der Waals surface area contributed by atoms with Crippen molar-refractivity contribution in [3.05, 3.63) is 84.2 Å². The lowest BCUT2D eigenvalue weighted by molar-refractivity contribution is -0.0379. The van der Waals surface area contributed by atoms with Gasteiger partial charge in [0.2, 0.25) is 0 Å². The van der Waals surface area contributed by atoms with E-state index in [0.717, 1.165) is 17.7 Å². The minimum atomic E-state index is -1.59. The third-order valence-corrected chi connectivity index (χ3v) is 4.57. The molecule has 0 aliphatic heterocycles. The van der Waals surface area contributed by atoms with E-state index in [1.165, 1.54) is 23.4 Å². The highest BCUT2D eigenvalue weighted by Gasteiger charge is 2.38. The summed E-state index contributed by atoms with van der Waals surface area (Å²) in [6.07, 6.45) is 10.5. The Morgan fingerprint density at radius 3 is 2.78 bits per heavy atom. The number of pyridine rings is 1. The molecule has 1 N–H and O–H groups in total. The quantitative estimate of drug-likeness (QED) is 0.690. The molecule has 2 heterocycles. The van der Waals surface area contributed by atoms with Crippen LogP contribution in [-0.2, 0) is 12.1 Å². The zero-order valence-corrected chi connectivity index (χ0v) is 14.8. The summed E-state index contributed by atoms with van der Waals surface area (Å²) in [7, 11) is 0. The van der Waals surface area contributed by atoms with Gasteiger partial charge in [0.25, 0.3) is 0 Å². The van der Waals surface area contributed by atoms with Crippen LogP contribution < -0.4 is 0 Å². The Hall–Kier alpha value is -2.93. The van der Waals surface area contributed by atoms with E-state index in [9.17, 15) is 13.9 Å². The molecule has 0 amide bonds. The van der Waals surface area contributed by atoms with E-state index in [4.69, 9.17) is 0 Å². The Labute approximate surface area is 156 Å². The topological polar surface area (TPSA) is 63.8 Å². The van der Waals surface area contributed by atoms with Crippen molar-refractivity contribution in [3.8, 4) is 0 Å². The van der Waals surface area contributed by atoms with Crippen molar-refractivity contribution >= 4 is 6.08 Å². The molecule has 0 unspecified atom stereocenters. The van der Waals surface area contributed by atoms with Crippen LogP contribution in [0.15, 0.2) is 61.5 Å². The number of hydrogen-bond acceptors (Lipinski definition) is 4. The van der Waals surface area contributed by atoms with Crippen molar-refractivity contribution in [1.82, 2.24) is 19.7 Å². The van der Waals surface area contributed by atoms with Gasteiger partial charge >= 0.3 is 0 Å². The molecule has 7 heteroatoms. The van der Waals surface area contributed by atoms with Crippen molar-refractivity contribution in [2.75, 3.05) is 0 Å². The van der Waals surface area contributed by atoms with Crippen LogP contribution in [0.4, 0.5) is 8.78 Å². The molecule has 0 spiro atoms. The molecule has 0 radical (unpaired) electrons. The summed E-state index contributed by atoms with van der Waals surface area (Å²) >= 11 is 0. The van der Waals surface area contributed by atoms with Crippen LogP contribution >= 0.6 is 0 Å². The van der Waals surface area contributed by atoms with Gasteiger partial charge in [-0.1, -0.05) is 31.2 Å². The number of rotatable bonds is 7. The first-order valence-electron chi connectivity index (χ1n) is 8.56. The van der Waals surface area contributed by atoms with Crippen LogP contribution in [0.3, 0.4) is 0 Å². The summed E-state index contributed by atoms with van der Waals surface area (Å²) in [6, 6.07) is 6.94. The Balaban J connectivity index is 1.87. The first-order valence-corrected chi connectivity index (χ1v) is 8.56. The average Bonchev–Trinajstić information content (AvgIpc) is 3.15. The van der Waals surface area contributed by atoms with E-state index in [2.05, 4.69) is 15.1 Å². The minimum absolute atomic E-state index is 0.00253. The lowest BCUT2D eigenvalue weighted by atomic mass is 9.80. The van der Waals surface area contributed by atoms with Gasteiger partial charge in [-0.05, 0) is 30.0 Å². The first-order chi connectivity index (χ1) is 13.0. The van der Waals surface area contributed by atoms with E-state index < -0.39 is 17.2 Å². The molecule has 1 aromatic carbocycles. The molecule has 5 nitrogen and oxygen atoms in total. The van der Waals surface area contributed by atoms with E-state index in [1.807, 2.05) is 31.2 Å². The molecule has 0 aliphatic rings. The normalized spacial score (nSPS) is 15.0. The van der Waals surface area contributed by atoms with Crippen LogP contribution in [0, 0.1) is 17.6 Å². The lowest BCUT2D eigenvalue weighted by Gasteiger charge is -2.34. The summed E-state index contributed by atoms with van der Waals surface area (Å²) in [5.41, 5.74) is -0.635. The second-order valence-corrected chi connectivity index (χ2v) is 6.47. The fourth-order valence-corrected chi connectivity index (χ4v) is 2.99. The summed E-state index contributed by atoms with van der Waals surface area (Å²) in [5, 5.41) is 15.4. The summed E-state index contributed by atoms with van der Waals surface area (Å²) in [4.78, 5) is 7.91. The Morgan fingerprint density at radius 1 is 1.26 bits per heavy atom. The number of halogens is 2. The van der Waals surface area contributed by atoms with E-state index >= 15 is 0 Å². The summed E-state index contributed by atoms with van der Waals surface area (Å²) in [6.45, 7) is 1.81. The number of allylic oxidation sites excluding steroid dienone is 1. The SMILES string of the molecule is C[C@@H](C/C=C/c1cccnc1)[C@](O)(Cn1cncn1)c1ccc(F)cc1F. The molecule has 0 fully saturated rings. The van der Waals surface area contributed by atoms with Crippen molar-refractivity contribution in [1.29, 1.82) is 0 Å². The second-order valence-electron chi connectivity index (χ2n) is 6.47. The van der Waals surface area contributed by atoms with Gasteiger partial charge < -0.3 is 5.11 Å². The van der Waals surface area contributed by atoms with Gasteiger partial charge in [-0.25, -0.2) is 18.4 Å². The lowest BCUT2D eigenvalue weighted by Crippen LogP contribution is -2.39. The van der Waals surface area contributed by atoms with Gasteiger partial charge in [0.1, 0.15) is 29.9 Å². The van der Waals surface area contributed by atoms with E-state index in [-0.39, 0.29) is 18.0 Å². The van der Waals surface area contributed by atoms with Gasteiger partial charge in [-0.15, -0.1) is 0 Å². The van der Waals surface area contributed by atoms with Crippen LogP contribution in [0.2, 0.25) is 0 Å². The molecule has 0 bridgehead atoms. The zero-order chi connectivity index (χ0) is 19.3. The first kappa shape index (κ1) is 18.8. The van der Waals surface area contributed by atoms with E-state index in [1.54, 1.807) is 12.4 Å². The van der Waals surface area contributed by atoms with E-state index in [0.29, 0.717) is 6.42 Å². The number of hydrogen-bond donors (Lipinski definition) is 1. The number of aromatic nitrogens is 4. The van der Waals surface area contributed by atoms with Gasteiger partial charge in [0.05, 0.1) is 6.54 Å². The molecular weight excluding hydrogens is 350 g/mol. The van der Waals surface area contributed by atoms with Crippen molar-refractivity contribution in [3.63, 3.8) is 0 Å².